The first-order valence-corrected chi connectivity index (χ1v) is 9.24. The molecule has 0 saturated heterocycles. The molecule has 1 amide bonds. The molecule has 5 nitrogen and oxygen atoms in total. The Morgan fingerprint density at radius 3 is 2.70 bits per heavy atom. The monoisotopic (exact) mass is 401 g/mol. The molecule has 0 spiro atoms. The minimum absolute atomic E-state index is 0.0277. The third-order valence-electron chi connectivity index (χ3n) is 5.05. The minimum atomic E-state index is -1.10. The van der Waals surface area contributed by atoms with E-state index in [0.29, 0.717) is 22.7 Å². The lowest BCUT2D eigenvalue weighted by Gasteiger charge is -2.37. The van der Waals surface area contributed by atoms with Crippen molar-refractivity contribution in [1.82, 2.24) is 0 Å². The molecule has 2 N–H and O–H groups in total. The topological polar surface area (TPSA) is 81.3 Å². The standard InChI is InChI=1S/C20H16Cl2N2O3/c21-10-4-6-14(16(22)8-10)19(25)23-11-5-7-17-15(9-11)12-2-1-3-13(12)18(24-17)20(26)27/h1-2,4-9,12-13,18,24H,3H2,(H,23,25)(H,26,27)/p-1/t12-,13+,18+/m0/s1. The Balaban J connectivity index is 1.62. The molecule has 4 rings (SSSR count). The number of fused-ring (bicyclic) bond motifs is 3. The largest absolute Gasteiger partial charge is 0.548 e. The van der Waals surface area contributed by atoms with E-state index in [9.17, 15) is 14.7 Å². The zero-order valence-electron chi connectivity index (χ0n) is 14.0. The maximum atomic E-state index is 12.5. The Labute approximate surface area is 166 Å². The average molecular weight is 402 g/mol. The smallest absolute Gasteiger partial charge is 0.257 e. The van der Waals surface area contributed by atoms with Crippen LogP contribution < -0.4 is 15.7 Å². The van der Waals surface area contributed by atoms with E-state index in [2.05, 4.69) is 10.6 Å². The first-order valence-electron chi connectivity index (χ1n) is 8.48. The van der Waals surface area contributed by atoms with E-state index in [4.69, 9.17) is 23.2 Å². The van der Waals surface area contributed by atoms with E-state index >= 15 is 0 Å². The molecule has 3 atom stereocenters. The first-order chi connectivity index (χ1) is 12.9. The van der Waals surface area contributed by atoms with Gasteiger partial charge in [-0.25, -0.2) is 0 Å². The molecule has 0 radical (unpaired) electrons. The summed E-state index contributed by atoms with van der Waals surface area (Å²) in [7, 11) is 0. The van der Waals surface area contributed by atoms with Gasteiger partial charge in [-0.1, -0.05) is 35.4 Å². The fourth-order valence-corrected chi connectivity index (χ4v) is 4.27. The van der Waals surface area contributed by atoms with E-state index in [0.717, 1.165) is 11.3 Å². The molecule has 0 unspecified atom stereocenters. The average Bonchev–Trinajstić information content (AvgIpc) is 3.10. The third kappa shape index (κ3) is 3.29. The quantitative estimate of drug-likeness (QED) is 0.771. The van der Waals surface area contributed by atoms with Gasteiger partial charge in [0.05, 0.1) is 22.6 Å². The normalized spacial score (nSPS) is 22.5. The van der Waals surface area contributed by atoms with Gasteiger partial charge >= 0.3 is 0 Å². The van der Waals surface area contributed by atoms with Crippen molar-refractivity contribution in [2.24, 2.45) is 5.92 Å². The van der Waals surface area contributed by atoms with Crippen molar-refractivity contribution in [2.45, 2.75) is 18.4 Å². The fraction of sp³-hybridized carbons (Fsp3) is 0.200. The van der Waals surface area contributed by atoms with Crippen molar-refractivity contribution >= 4 is 46.5 Å². The number of hydrogen-bond donors (Lipinski definition) is 2. The summed E-state index contributed by atoms with van der Waals surface area (Å²) in [6, 6.07) is 9.32. The van der Waals surface area contributed by atoms with Crippen LogP contribution in [0.4, 0.5) is 11.4 Å². The van der Waals surface area contributed by atoms with Gasteiger partial charge in [-0.05, 0) is 54.3 Å². The van der Waals surface area contributed by atoms with E-state index in [1.165, 1.54) is 6.07 Å². The lowest BCUT2D eigenvalue weighted by Crippen LogP contribution is -2.48. The molecule has 2 aliphatic rings. The van der Waals surface area contributed by atoms with Crippen LogP contribution >= 0.6 is 23.2 Å². The highest BCUT2D eigenvalue weighted by atomic mass is 35.5. The van der Waals surface area contributed by atoms with Crippen LogP contribution in [-0.2, 0) is 4.79 Å². The number of rotatable bonds is 3. The molecule has 0 bridgehead atoms. The number of allylic oxidation sites excluding steroid dienone is 2. The number of hydrogen-bond acceptors (Lipinski definition) is 4. The van der Waals surface area contributed by atoms with E-state index in [1.54, 1.807) is 24.3 Å². The van der Waals surface area contributed by atoms with Gasteiger partial charge in [0.1, 0.15) is 0 Å². The first kappa shape index (κ1) is 17.9. The second-order valence-electron chi connectivity index (χ2n) is 6.67. The van der Waals surface area contributed by atoms with Crippen LogP contribution in [0.2, 0.25) is 10.0 Å². The summed E-state index contributed by atoms with van der Waals surface area (Å²) < 4.78 is 0. The second-order valence-corrected chi connectivity index (χ2v) is 7.52. The van der Waals surface area contributed by atoms with Crippen LogP contribution in [0, 0.1) is 5.92 Å². The highest BCUT2D eigenvalue weighted by molar-refractivity contribution is 6.37. The van der Waals surface area contributed by atoms with Gasteiger partial charge in [-0.2, -0.15) is 0 Å². The molecule has 1 aliphatic heterocycles. The van der Waals surface area contributed by atoms with E-state index in [1.807, 2.05) is 18.2 Å². The fourth-order valence-electron chi connectivity index (χ4n) is 3.78. The molecule has 27 heavy (non-hydrogen) atoms. The minimum Gasteiger partial charge on any atom is -0.548 e. The van der Waals surface area contributed by atoms with Crippen molar-refractivity contribution in [3.05, 3.63) is 69.7 Å². The summed E-state index contributed by atoms with van der Waals surface area (Å²) in [5.41, 5.74) is 2.62. The van der Waals surface area contributed by atoms with Gasteiger partial charge in [-0.3, -0.25) is 4.79 Å². The van der Waals surface area contributed by atoms with Crippen LogP contribution in [-0.4, -0.2) is 17.9 Å². The molecular weight excluding hydrogens is 387 g/mol. The Morgan fingerprint density at radius 1 is 1.15 bits per heavy atom. The summed E-state index contributed by atoms with van der Waals surface area (Å²) in [6.07, 6.45) is 4.68. The molecule has 2 aromatic carbocycles. The molecule has 1 heterocycles. The maximum Gasteiger partial charge on any atom is 0.257 e. The number of carbonyl (C=O) groups excluding carboxylic acids is 2. The summed E-state index contributed by atoms with van der Waals surface area (Å²) in [6.45, 7) is 0. The summed E-state index contributed by atoms with van der Waals surface area (Å²) in [4.78, 5) is 24.0. The van der Waals surface area contributed by atoms with Crippen molar-refractivity contribution in [3.63, 3.8) is 0 Å². The van der Waals surface area contributed by atoms with Crippen LogP contribution in [0.3, 0.4) is 0 Å². The van der Waals surface area contributed by atoms with Crippen molar-refractivity contribution in [1.29, 1.82) is 0 Å². The molecule has 0 aromatic heterocycles. The van der Waals surface area contributed by atoms with E-state index < -0.39 is 12.0 Å². The van der Waals surface area contributed by atoms with Crippen molar-refractivity contribution < 1.29 is 14.7 Å². The SMILES string of the molecule is O=C(Nc1ccc2c(c1)[C@H]1C=CC[C@H]1[C@H](C(=O)[O-])N2)c1ccc(Cl)cc1Cl. The number of benzene rings is 2. The zero-order valence-corrected chi connectivity index (χ0v) is 15.6. The highest BCUT2D eigenvalue weighted by Gasteiger charge is 2.37. The van der Waals surface area contributed by atoms with Gasteiger partial charge in [0.15, 0.2) is 0 Å². The lowest BCUT2D eigenvalue weighted by molar-refractivity contribution is -0.308. The van der Waals surface area contributed by atoms with Crippen LogP contribution in [0.15, 0.2) is 48.6 Å². The number of carbonyl (C=O) groups is 2. The predicted octanol–water partition coefficient (Wildman–Crippen LogP) is 3.45. The number of halogens is 2. The van der Waals surface area contributed by atoms with Gasteiger partial charge in [0.25, 0.3) is 5.91 Å². The highest BCUT2D eigenvalue weighted by Crippen LogP contribution is 2.45. The second kappa shape index (κ2) is 6.91. The molecule has 1 aliphatic carbocycles. The van der Waals surface area contributed by atoms with Crippen LogP contribution in [0.25, 0.3) is 0 Å². The summed E-state index contributed by atoms with van der Waals surface area (Å²) in [5.74, 6) is -1.57. The van der Waals surface area contributed by atoms with Crippen LogP contribution in [0.1, 0.15) is 28.3 Å². The van der Waals surface area contributed by atoms with E-state index in [-0.39, 0.29) is 22.8 Å². The Kier molecular flexibility index (Phi) is 4.58. The Bertz CT molecular complexity index is 974. The predicted molar refractivity (Wildman–Crippen MR) is 103 cm³/mol. The Hall–Kier alpha value is -2.50. The number of nitrogens with one attached hydrogen (secondary N) is 2. The molecule has 7 heteroatoms. The number of carboxylic acid groups (broad SMARTS) is 1. The van der Waals surface area contributed by atoms with Gasteiger partial charge < -0.3 is 20.5 Å². The van der Waals surface area contributed by atoms with Gasteiger partial charge in [0, 0.05) is 22.3 Å². The molecule has 138 valence electrons. The molecule has 0 fully saturated rings. The zero-order chi connectivity index (χ0) is 19.1. The number of anilines is 2. The number of carboxylic acids is 1. The number of amides is 1. The van der Waals surface area contributed by atoms with Gasteiger partial charge in [-0.15, -0.1) is 0 Å². The number of aliphatic carboxylic acids is 1. The summed E-state index contributed by atoms with van der Waals surface area (Å²) >= 11 is 12.0. The summed E-state index contributed by atoms with van der Waals surface area (Å²) in [5, 5.41) is 18.1. The Morgan fingerprint density at radius 2 is 1.96 bits per heavy atom. The van der Waals surface area contributed by atoms with Crippen LogP contribution in [0.5, 0.6) is 0 Å². The third-order valence-corrected chi connectivity index (χ3v) is 5.60. The molecule has 2 aromatic rings. The molecular formula is C20H15Cl2N2O3-. The van der Waals surface area contributed by atoms with Gasteiger partial charge in [0.2, 0.25) is 0 Å². The molecule has 0 saturated carbocycles. The van der Waals surface area contributed by atoms with Crippen molar-refractivity contribution in [2.75, 3.05) is 10.6 Å². The maximum absolute atomic E-state index is 12.5. The van der Waals surface area contributed by atoms with Crippen molar-refractivity contribution in [3.8, 4) is 0 Å². The lowest BCUT2D eigenvalue weighted by atomic mass is 9.79.